The molecule has 0 spiro atoms. The Morgan fingerprint density at radius 1 is 1.18 bits per heavy atom. The number of aromatic nitrogens is 3. The molecule has 2 aromatic carbocycles. The SMILES string of the molecule is O=c1oc2cc(NCC(O)CCl)ccc2cc1-n1ncc(-c2ccccc2)n1. The van der Waals surface area contributed by atoms with Gasteiger partial charge in [-0.15, -0.1) is 21.5 Å². The second kappa shape index (κ2) is 7.84. The molecule has 2 aromatic heterocycles. The van der Waals surface area contributed by atoms with E-state index in [1.54, 1.807) is 18.3 Å². The van der Waals surface area contributed by atoms with Gasteiger partial charge in [-0.05, 0) is 18.2 Å². The number of aliphatic hydroxyl groups is 1. The molecule has 0 fully saturated rings. The third-order valence-electron chi connectivity index (χ3n) is 4.21. The van der Waals surface area contributed by atoms with Crippen LogP contribution in [0, 0.1) is 0 Å². The van der Waals surface area contributed by atoms with Crippen molar-refractivity contribution in [1.29, 1.82) is 0 Å². The van der Waals surface area contributed by atoms with Gasteiger partial charge in [0.25, 0.3) is 0 Å². The largest absolute Gasteiger partial charge is 0.421 e. The van der Waals surface area contributed by atoms with Gasteiger partial charge in [0.15, 0.2) is 5.69 Å². The molecule has 4 aromatic rings. The molecule has 4 rings (SSSR count). The molecule has 1 atom stereocenters. The van der Waals surface area contributed by atoms with Crippen LogP contribution in [0.25, 0.3) is 27.9 Å². The van der Waals surface area contributed by atoms with Crippen molar-refractivity contribution in [2.45, 2.75) is 6.10 Å². The van der Waals surface area contributed by atoms with E-state index in [1.165, 1.54) is 4.80 Å². The van der Waals surface area contributed by atoms with Crippen molar-refractivity contribution in [2.24, 2.45) is 0 Å². The Hall–Kier alpha value is -3.16. The zero-order valence-corrected chi connectivity index (χ0v) is 15.5. The standard InChI is InChI=1S/C20H17ClN4O3/c21-10-16(26)11-22-15-7-6-14-8-18(20(27)28-19(14)9-15)25-23-12-17(24-25)13-4-2-1-3-5-13/h1-9,12,16,22,26H,10-11H2. The third-order valence-corrected chi connectivity index (χ3v) is 4.57. The highest BCUT2D eigenvalue weighted by molar-refractivity contribution is 6.18. The number of alkyl halides is 1. The van der Waals surface area contributed by atoms with Crippen molar-refractivity contribution in [2.75, 3.05) is 17.7 Å². The molecule has 7 nitrogen and oxygen atoms in total. The highest BCUT2D eigenvalue weighted by Gasteiger charge is 2.12. The summed E-state index contributed by atoms with van der Waals surface area (Å²) in [7, 11) is 0. The molecule has 8 heteroatoms. The summed E-state index contributed by atoms with van der Waals surface area (Å²) in [6.45, 7) is 0.302. The van der Waals surface area contributed by atoms with Crippen LogP contribution in [0.4, 0.5) is 5.69 Å². The van der Waals surface area contributed by atoms with E-state index in [9.17, 15) is 9.90 Å². The fraction of sp³-hybridized carbons (Fsp3) is 0.150. The minimum atomic E-state index is -0.656. The van der Waals surface area contributed by atoms with Crippen molar-refractivity contribution in [3.05, 3.63) is 71.2 Å². The van der Waals surface area contributed by atoms with Crippen LogP contribution in [0.5, 0.6) is 0 Å². The molecule has 0 aliphatic heterocycles. The minimum Gasteiger partial charge on any atom is -0.421 e. The maximum Gasteiger partial charge on any atom is 0.364 e. The summed E-state index contributed by atoms with van der Waals surface area (Å²) in [5.74, 6) is 0.140. The molecule has 142 valence electrons. The molecule has 0 saturated heterocycles. The lowest BCUT2D eigenvalue weighted by molar-refractivity contribution is 0.211. The van der Waals surface area contributed by atoms with E-state index in [2.05, 4.69) is 15.5 Å². The van der Waals surface area contributed by atoms with E-state index in [-0.39, 0.29) is 11.6 Å². The number of anilines is 1. The lowest BCUT2D eigenvalue weighted by atomic mass is 10.2. The van der Waals surface area contributed by atoms with Crippen molar-refractivity contribution in [3.8, 4) is 16.9 Å². The van der Waals surface area contributed by atoms with Crippen molar-refractivity contribution in [3.63, 3.8) is 0 Å². The summed E-state index contributed by atoms with van der Waals surface area (Å²) >= 11 is 5.59. The summed E-state index contributed by atoms with van der Waals surface area (Å²) in [4.78, 5) is 13.7. The second-order valence-corrected chi connectivity index (χ2v) is 6.55. The van der Waals surface area contributed by atoms with Crippen LogP contribution >= 0.6 is 11.6 Å². The zero-order chi connectivity index (χ0) is 19.5. The summed E-state index contributed by atoms with van der Waals surface area (Å²) in [6.07, 6.45) is 0.949. The molecule has 0 radical (unpaired) electrons. The Kier molecular flexibility index (Phi) is 5.10. The minimum absolute atomic E-state index is 0.140. The van der Waals surface area contributed by atoms with Crippen LogP contribution in [-0.2, 0) is 0 Å². The fourth-order valence-corrected chi connectivity index (χ4v) is 2.87. The Morgan fingerprint density at radius 3 is 2.79 bits per heavy atom. The smallest absolute Gasteiger partial charge is 0.364 e. The molecule has 28 heavy (non-hydrogen) atoms. The normalized spacial score (nSPS) is 12.2. The number of hydrogen-bond donors (Lipinski definition) is 2. The van der Waals surface area contributed by atoms with E-state index in [4.69, 9.17) is 16.0 Å². The van der Waals surface area contributed by atoms with Gasteiger partial charge >= 0.3 is 5.63 Å². The number of nitrogens with zero attached hydrogens (tertiary/aromatic N) is 3. The van der Waals surface area contributed by atoms with Crippen LogP contribution in [-0.4, -0.2) is 38.6 Å². The fourth-order valence-electron chi connectivity index (χ4n) is 2.76. The van der Waals surface area contributed by atoms with Gasteiger partial charge < -0.3 is 14.8 Å². The average Bonchev–Trinajstić information content (AvgIpc) is 3.22. The number of nitrogens with one attached hydrogen (secondary N) is 1. The molecule has 0 bridgehead atoms. The Morgan fingerprint density at radius 2 is 2.00 bits per heavy atom. The molecule has 0 amide bonds. The highest BCUT2D eigenvalue weighted by Crippen LogP contribution is 2.21. The van der Waals surface area contributed by atoms with Crippen LogP contribution < -0.4 is 10.9 Å². The molecule has 2 heterocycles. The third kappa shape index (κ3) is 3.76. The second-order valence-electron chi connectivity index (χ2n) is 6.25. The predicted octanol–water partition coefficient (Wildman–Crippen LogP) is 3.05. The van der Waals surface area contributed by atoms with Gasteiger partial charge in [0.1, 0.15) is 11.3 Å². The van der Waals surface area contributed by atoms with E-state index in [1.807, 2.05) is 42.5 Å². The van der Waals surface area contributed by atoms with Crippen LogP contribution in [0.2, 0.25) is 0 Å². The molecule has 0 aliphatic rings. The van der Waals surface area contributed by atoms with Gasteiger partial charge in [-0.2, -0.15) is 5.10 Å². The van der Waals surface area contributed by atoms with Gasteiger partial charge in [-0.1, -0.05) is 30.3 Å². The number of aliphatic hydroxyl groups excluding tert-OH is 1. The van der Waals surface area contributed by atoms with Crippen molar-refractivity contribution < 1.29 is 9.52 Å². The van der Waals surface area contributed by atoms with E-state index in [0.29, 0.717) is 17.8 Å². The monoisotopic (exact) mass is 396 g/mol. The maximum atomic E-state index is 12.5. The molecule has 1 unspecified atom stereocenters. The first kappa shape index (κ1) is 18.2. The van der Waals surface area contributed by atoms with Gasteiger partial charge in [-0.25, -0.2) is 4.79 Å². The van der Waals surface area contributed by atoms with Crippen LogP contribution in [0.15, 0.2) is 70.0 Å². The number of halogens is 1. The molecular weight excluding hydrogens is 380 g/mol. The number of hydrogen-bond acceptors (Lipinski definition) is 6. The van der Waals surface area contributed by atoms with Crippen molar-refractivity contribution in [1.82, 2.24) is 15.0 Å². The first-order valence-electron chi connectivity index (χ1n) is 8.68. The van der Waals surface area contributed by atoms with Gasteiger partial charge in [0.2, 0.25) is 0 Å². The number of rotatable bonds is 6. The molecular formula is C20H17ClN4O3. The molecule has 0 aliphatic carbocycles. The van der Waals surface area contributed by atoms with E-state index in [0.717, 1.165) is 16.6 Å². The van der Waals surface area contributed by atoms with Gasteiger partial charge in [0.05, 0.1) is 18.2 Å². The highest BCUT2D eigenvalue weighted by atomic mass is 35.5. The Balaban J connectivity index is 1.65. The quantitative estimate of drug-likeness (QED) is 0.384. The average molecular weight is 397 g/mol. The summed E-state index contributed by atoms with van der Waals surface area (Å²) in [5, 5.41) is 21.9. The predicted molar refractivity (Wildman–Crippen MR) is 108 cm³/mol. The summed E-state index contributed by atoms with van der Waals surface area (Å²) in [6, 6.07) is 16.6. The van der Waals surface area contributed by atoms with Gasteiger partial charge in [-0.3, -0.25) is 0 Å². The Bertz CT molecular complexity index is 1160. The number of fused-ring (bicyclic) bond motifs is 1. The first-order chi connectivity index (χ1) is 13.6. The van der Waals surface area contributed by atoms with Crippen LogP contribution in [0.1, 0.15) is 0 Å². The summed E-state index contributed by atoms with van der Waals surface area (Å²) < 4.78 is 5.45. The molecule has 0 saturated carbocycles. The zero-order valence-electron chi connectivity index (χ0n) is 14.7. The molecule has 2 N–H and O–H groups in total. The lowest BCUT2D eigenvalue weighted by Gasteiger charge is -2.10. The first-order valence-corrected chi connectivity index (χ1v) is 9.21. The maximum absolute atomic E-state index is 12.5. The topological polar surface area (TPSA) is 93.2 Å². The van der Waals surface area contributed by atoms with Crippen LogP contribution in [0.3, 0.4) is 0 Å². The van der Waals surface area contributed by atoms with Crippen molar-refractivity contribution >= 4 is 28.3 Å². The lowest BCUT2D eigenvalue weighted by Crippen LogP contribution is -2.20. The van der Waals surface area contributed by atoms with E-state index >= 15 is 0 Å². The summed E-state index contributed by atoms with van der Waals surface area (Å²) in [5.41, 5.74) is 2.41. The van der Waals surface area contributed by atoms with Gasteiger partial charge in [0, 0.05) is 29.2 Å². The number of benzene rings is 2. The van der Waals surface area contributed by atoms with E-state index < -0.39 is 11.7 Å². The Labute approximate surface area is 165 Å².